The Balaban J connectivity index is 0.00000342. The number of nitrogen functional groups attached to an aromatic ring is 1. The fourth-order valence-electron chi connectivity index (χ4n) is 4.36. The van der Waals surface area contributed by atoms with Crippen LogP contribution in [0.2, 0.25) is 0 Å². The number of hydrogen-bond acceptors (Lipinski definition) is 5. The van der Waals surface area contributed by atoms with Gasteiger partial charge in [-0.3, -0.25) is 25.1 Å². The normalized spacial score (nSPS) is 14.2. The summed E-state index contributed by atoms with van der Waals surface area (Å²) < 4.78 is 0. The molecule has 0 radical (unpaired) electrons. The second kappa shape index (κ2) is 12.9. The molecule has 1 atom stereocenters. The Kier molecular flexibility index (Phi) is 11.1. The van der Waals surface area contributed by atoms with Gasteiger partial charge in [-0.1, -0.05) is 69.3 Å². The number of benzene rings is 2. The average Bonchev–Trinajstić information content (AvgIpc) is 3.15. The number of fused-ring (bicyclic) bond motifs is 1. The number of rotatable bonds is 9. The van der Waals surface area contributed by atoms with E-state index in [2.05, 4.69) is 16.0 Å². The third kappa shape index (κ3) is 7.92. The van der Waals surface area contributed by atoms with E-state index in [0.717, 1.165) is 16.7 Å². The second-order valence-electron chi connectivity index (χ2n) is 10.1. The predicted molar refractivity (Wildman–Crippen MR) is 147 cm³/mol. The number of hydrogen-bond donors (Lipinski definition) is 6. The number of carbonyl (C=O) groups is 3. The molecular weight excluding hydrogens is 517 g/mol. The van der Waals surface area contributed by atoms with Crippen molar-refractivity contribution in [2.45, 2.75) is 51.7 Å². The number of halogens is 2. The molecule has 0 fully saturated rings. The first kappa shape index (κ1) is 31.9. The van der Waals surface area contributed by atoms with Crippen LogP contribution in [0.25, 0.3) is 0 Å². The monoisotopic (exact) mass is 551 g/mol. The molecule has 0 bridgehead atoms. The van der Waals surface area contributed by atoms with Crippen LogP contribution < -0.4 is 21.7 Å². The van der Waals surface area contributed by atoms with Crippen molar-refractivity contribution in [2.75, 3.05) is 6.54 Å². The molecule has 0 aromatic heterocycles. The van der Waals surface area contributed by atoms with E-state index >= 15 is 0 Å². The molecule has 0 saturated carbocycles. The Hall–Kier alpha value is -3.14. The van der Waals surface area contributed by atoms with Crippen LogP contribution in [0, 0.1) is 10.8 Å². The maximum Gasteiger partial charge on any atom is 0.317 e. The van der Waals surface area contributed by atoms with E-state index in [0.29, 0.717) is 18.4 Å². The van der Waals surface area contributed by atoms with Crippen LogP contribution in [0.1, 0.15) is 43.0 Å². The van der Waals surface area contributed by atoms with Crippen molar-refractivity contribution in [3.8, 4) is 0 Å². The van der Waals surface area contributed by atoms with Gasteiger partial charge in [0.2, 0.25) is 11.8 Å². The lowest BCUT2D eigenvalue weighted by Gasteiger charge is -2.35. The van der Waals surface area contributed by atoms with Crippen LogP contribution >= 0.6 is 24.8 Å². The van der Waals surface area contributed by atoms with E-state index in [-0.39, 0.29) is 49.6 Å². The van der Waals surface area contributed by atoms with Crippen molar-refractivity contribution in [2.24, 2.45) is 11.1 Å². The van der Waals surface area contributed by atoms with Crippen LogP contribution in [0.15, 0.2) is 48.5 Å². The number of carboxylic acid groups (broad SMARTS) is 1. The highest BCUT2D eigenvalue weighted by Crippen LogP contribution is 2.31. The van der Waals surface area contributed by atoms with Crippen molar-refractivity contribution < 1.29 is 19.5 Å². The number of nitrogens with one attached hydrogen (secondary N) is 4. The molecule has 0 heterocycles. The number of amidine groups is 1. The van der Waals surface area contributed by atoms with Gasteiger partial charge in [0.15, 0.2) is 0 Å². The zero-order valence-electron chi connectivity index (χ0n) is 21.1. The molecule has 2 aromatic rings. The standard InChI is InChI=1S/C26H33N5O4.2ClH/c1-25(2,3)21(29-15-20(32)33)23(34)31-26(12-18-6-4-5-7-19(18)13-26)24(35)30-14-16-8-10-17(11-9-16)22(27)28;;/h4-11,21,29H,12-15H2,1-3H3,(H3,27,28)(H,30,35)(H,31,34)(H,32,33);2*1H/t21-;;/m0../s1. The Labute approximate surface area is 229 Å². The Morgan fingerprint density at radius 2 is 1.57 bits per heavy atom. The molecule has 2 aromatic carbocycles. The van der Waals surface area contributed by atoms with Crippen LogP contribution in [0.4, 0.5) is 0 Å². The van der Waals surface area contributed by atoms with E-state index < -0.39 is 28.9 Å². The van der Waals surface area contributed by atoms with E-state index in [1.54, 1.807) is 24.3 Å². The molecule has 0 saturated heterocycles. The van der Waals surface area contributed by atoms with E-state index in [9.17, 15) is 14.4 Å². The van der Waals surface area contributed by atoms with Crippen molar-refractivity contribution >= 4 is 48.4 Å². The van der Waals surface area contributed by atoms with Crippen LogP contribution in [0.5, 0.6) is 0 Å². The highest BCUT2D eigenvalue weighted by Gasteiger charge is 2.46. The van der Waals surface area contributed by atoms with Gasteiger partial charge in [-0.25, -0.2) is 0 Å². The summed E-state index contributed by atoms with van der Waals surface area (Å²) in [6.45, 7) is 5.39. The molecule has 1 aliphatic carbocycles. The molecule has 0 aliphatic heterocycles. The summed E-state index contributed by atoms with van der Waals surface area (Å²) in [6, 6.07) is 13.9. The molecule has 0 unspecified atom stereocenters. The van der Waals surface area contributed by atoms with Crippen LogP contribution in [0.3, 0.4) is 0 Å². The van der Waals surface area contributed by atoms with Gasteiger partial charge in [-0.15, -0.1) is 24.8 Å². The molecule has 7 N–H and O–H groups in total. The van der Waals surface area contributed by atoms with Gasteiger partial charge in [0, 0.05) is 24.9 Å². The first-order chi connectivity index (χ1) is 16.4. The van der Waals surface area contributed by atoms with Crippen molar-refractivity contribution in [1.82, 2.24) is 16.0 Å². The third-order valence-corrected chi connectivity index (χ3v) is 6.20. The summed E-state index contributed by atoms with van der Waals surface area (Å²) in [5.41, 5.74) is 7.12. The smallest absolute Gasteiger partial charge is 0.317 e. The molecule has 9 nitrogen and oxygen atoms in total. The minimum absolute atomic E-state index is 0. The summed E-state index contributed by atoms with van der Waals surface area (Å²) in [6.07, 6.45) is 0.666. The SMILES string of the molecule is CC(C)(C)[C@@H](NCC(=O)O)C(=O)NC1(C(=O)NCc2ccc(C(=N)N)cc2)Cc2ccccc2C1.Cl.Cl. The van der Waals surface area contributed by atoms with E-state index in [1.807, 2.05) is 45.0 Å². The molecule has 11 heteroatoms. The maximum atomic E-state index is 13.6. The largest absolute Gasteiger partial charge is 0.480 e. The van der Waals surface area contributed by atoms with Gasteiger partial charge in [0.05, 0.1) is 12.6 Å². The number of carboxylic acids is 1. The first-order valence-corrected chi connectivity index (χ1v) is 11.5. The van der Waals surface area contributed by atoms with Gasteiger partial charge in [0.1, 0.15) is 11.4 Å². The average molecular weight is 553 g/mol. The molecule has 3 rings (SSSR count). The molecule has 202 valence electrons. The van der Waals surface area contributed by atoms with Crippen LogP contribution in [-0.2, 0) is 33.8 Å². The quantitative estimate of drug-likeness (QED) is 0.207. The van der Waals surface area contributed by atoms with Crippen LogP contribution in [-0.4, -0.2) is 46.9 Å². The lowest BCUT2D eigenvalue weighted by Crippen LogP contribution is -2.64. The number of aliphatic carboxylic acids is 1. The molecule has 1 aliphatic rings. The third-order valence-electron chi connectivity index (χ3n) is 6.20. The van der Waals surface area contributed by atoms with Crippen molar-refractivity contribution in [3.63, 3.8) is 0 Å². The zero-order chi connectivity index (χ0) is 25.8. The predicted octanol–water partition coefficient (Wildman–Crippen LogP) is 2.17. The van der Waals surface area contributed by atoms with Gasteiger partial charge in [0.25, 0.3) is 0 Å². The van der Waals surface area contributed by atoms with Crippen molar-refractivity contribution in [1.29, 1.82) is 5.41 Å². The highest BCUT2D eigenvalue weighted by molar-refractivity contribution is 5.95. The number of amides is 2. The maximum absolute atomic E-state index is 13.6. The zero-order valence-corrected chi connectivity index (χ0v) is 22.7. The summed E-state index contributed by atoms with van der Waals surface area (Å²) in [5, 5.41) is 25.3. The fraction of sp³-hybridized carbons (Fsp3) is 0.385. The molecule has 37 heavy (non-hydrogen) atoms. The molecular formula is C26H35Cl2N5O4. The molecule has 2 amide bonds. The summed E-state index contributed by atoms with van der Waals surface area (Å²) >= 11 is 0. The highest BCUT2D eigenvalue weighted by atomic mass is 35.5. The second-order valence-corrected chi connectivity index (χ2v) is 10.1. The topological polar surface area (TPSA) is 157 Å². The Bertz CT molecular complexity index is 1110. The lowest BCUT2D eigenvalue weighted by molar-refractivity contribution is -0.138. The van der Waals surface area contributed by atoms with Gasteiger partial charge in [-0.05, 0) is 22.1 Å². The van der Waals surface area contributed by atoms with Crippen molar-refractivity contribution in [3.05, 3.63) is 70.8 Å². The van der Waals surface area contributed by atoms with Gasteiger partial charge in [-0.2, -0.15) is 0 Å². The Morgan fingerprint density at radius 1 is 1.03 bits per heavy atom. The summed E-state index contributed by atoms with van der Waals surface area (Å²) in [5.74, 6) is -1.84. The first-order valence-electron chi connectivity index (χ1n) is 11.5. The Morgan fingerprint density at radius 3 is 2.03 bits per heavy atom. The fourth-order valence-corrected chi connectivity index (χ4v) is 4.36. The van der Waals surface area contributed by atoms with E-state index in [4.69, 9.17) is 16.2 Å². The molecule has 0 spiro atoms. The van der Waals surface area contributed by atoms with Gasteiger partial charge < -0.3 is 21.5 Å². The lowest BCUT2D eigenvalue weighted by atomic mass is 9.84. The number of nitrogens with two attached hydrogens (primary N) is 1. The van der Waals surface area contributed by atoms with E-state index in [1.165, 1.54) is 0 Å². The minimum atomic E-state index is -1.20. The van der Waals surface area contributed by atoms with Gasteiger partial charge >= 0.3 is 5.97 Å². The summed E-state index contributed by atoms with van der Waals surface area (Å²) in [7, 11) is 0. The summed E-state index contributed by atoms with van der Waals surface area (Å²) in [4.78, 5) is 38.1. The number of carbonyl (C=O) groups excluding carboxylic acids is 2. The minimum Gasteiger partial charge on any atom is -0.480 e.